The Bertz CT molecular complexity index is 707. The van der Waals surface area contributed by atoms with Crippen molar-refractivity contribution < 1.29 is 13.2 Å². The third-order valence-corrected chi connectivity index (χ3v) is 3.24. The van der Waals surface area contributed by atoms with Gasteiger partial charge in [-0.25, -0.2) is 4.98 Å². The molecule has 1 aromatic heterocycles. The van der Waals surface area contributed by atoms with Gasteiger partial charge < -0.3 is 5.32 Å². The lowest BCUT2D eigenvalue weighted by atomic mass is 10.2. The minimum Gasteiger partial charge on any atom is -0.302 e. The molecule has 9 heteroatoms. The van der Waals surface area contributed by atoms with Crippen LogP contribution >= 0.6 is 32.7 Å². The molecule has 21 heavy (non-hydrogen) atoms. The Morgan fingerprint density at radius 3 is 2.24 bits per heavy atom. The fourth-order valence-corrected chi connectivity index (χ4v) is 2.48. The highest BCUT2D eigenvalue weighted by Crippen LogP contribution is 2.32. The van der Waals surface area contributed by atoms with Gasteiger partial charge in [-0.05, 0) is 12.5 Å². The largest absolute Gasteiger partial charge is 0.317 e. The van der Waals surface area contributed by atoms with E-state index in [9.17, 15) is 4.79 Å². The van der Waals surface area contributed by atoms with Crippen LogP contribution in [0.2, 0.25) is 0 Å². The van der Waals surface area contributed by atoms with Gasteiger partial charge in [0.1, 0.15) is 0 Å². The zero-order valence-corrected chi connectivity index (χ0v) is 14.3. The number of hydrogen-bond donors (Lipinski definition) is 1. The lowest BCUT2D eigenvalue weighted by Gasteiger charge is -1.96. The van der Waals surface area contributed by atoms with Crippen LogP contribution in [0.5, 0.6) is 0 Å². The fourth-order valence-electron chi connectivity index (χ4n) is 1.46. The zero-order valence-electron chi connectivity index (χ0n) is 11.1. The van der Waals surface area contributed by atoms with Crippen molar-refractivity contribution in [1.29, 1.82) is 0 Å². The van der Waals surface area contributed by atoms with Crippen molar-refractivity contribution in [3.63, 3.8) is 0 Å². The summed E-state index contributed by atoms with van der Waals surface area (Å²) in [7, 11) is 4.81. The summed E-state index contributed by atoms with van der Waals surface area (Å²) in [6.45, 7) is 3.43. The minimum atomic E-state index is -3.72. The van der Waals surface area contributed by atoms with Gasteiger partial charge in [0.25, 0.3) is 0 Å². The second kappa shape index (κ2) is 7.74. The third kappa shape index (κ3) is 7.42. The number of aryl methyl sites for hydroxylation is 1. The summed E-state index contributed by atoms with van der Waals surface area (Å²) >= 11 is 1.50. The van der Waals surface area contributed by atoms with E-state index >= 15 is 0 Å². The molecule has 1 N–H and O–H groups in total. The van der Waals surface area contributed by atoms with Gasteiger partial charge in [0.05, 0.1) is 10.6 Å². The first kappa shape index (κ1) is 17.9. The van der Waals surface area contributed by atoms with Gasteiger partial charge in [-0.2, -0.15) is 8.42 Å². The number of carbonyl (C=O) groups is 1. The first-order chi connectivity index (χ1) is 9.66. The first-order valence-electron chi connectivity index (χ1n) is 5.61. The Balaban J connectivity index is 0.000000383. The van der Waals surface area contributed by atoms with Crippen molar-refractivity contribution in [2.24, 2.45) is 0 Å². The normalized spacial score (nSPS) is 10.5. The van der Waals surface area contributed by atoms with Crippen molar-refractivity contribution in [3.8, 4) is 10.4 Å². The molecule has 0 unspecified atom stereocenters. The van der Waals surface area contributed by atoms with Crippen molar-refractivity contribution in [3.05, 3.63) is 36.0 Å². The molecule has 0 spiro atoms. The summed E-state index contributed by atoms with van der Waals surface area (Å²) in [6.07, 6.45) is 0. The predicted octanol–water partition coefficient (Wildman–Crippen LogP) is 3.79. The summed E-state index contributed by atoms with van der Waals surface area (Å²) in [5, 5.41) is 3.36. The molecule has 114 valence electrons. The van der Waals surface area contributed by atoms with E-state index in [-0.39, 0.29) is 5.91 Å². The summed E-state index contributed by atoms with van der Waals surface area (Å²) in [5.41, 5.74) is 2.08. The van der Waals surface area contributed by atoms with E-state index in [4.69, 9.17) is 8.42 Å². The summed E-state index contributed by atoms with van der Waals surface area (Å²) in [4.78, 5) is 16.3. The van der Waals surface area contributed by atoms with E-state index in [0.717, 1.165) is 16.1 Å². The smallest absolute Gasteiger partial charge is 0.302 e. The van der Waals surface area contributed by atoms with Crippen LogP contribution in [0, 0.1) is 6.92 Å². The van der Waals surface area contributed by atoms with Gasteiger partial charge in [0, 0.05) is 28.3 Å². The number of anilines is 1. The van der Waals surface area contributed by atoms with Crippen LogP contribution in [0.25, 0.3) is 10.4 Å². The Hall–Kier alpha value is -1.15. The fraction of sp³-hybridized carbons (Fsp3) is 0.167. The average molecular weight is 367 g/mol. The highest BCUT2D eigenvalue weighted by molar-refractivity contribution is 8.31. The number of nitrogens with one attached hydrogen (secondary N) is 1. The topological polar surface area (TPSA) is 76.1 Å². The standard InChI is InChI=1S/C12H12N2OS.Cl2O2S/c1-8-11(10-6-4-3-5-7-10)16-12(13-8)14-9(2)15;1-5(2,3)4/h3-7H,1-2H3,(H,13,14,15);. The Morgan fingerprint density at radius 1 is 1.24 bits per heavy atom. The molecular weight excluding hydrogens is 355 g/mol. The SMILES string of the molecule is CC(=O)Nc1nc(C)c(-c2ccccc2)s1.O=S(=O)(Cl)Cl. The van der Waals surface area contributed by atoms with Crippen molar-refractivity contribution in [1.82, 2.24) is 4.98 Å². The van der Waals surface area contributed by atoms with Crippen LogP contribution in [0.15, 0.2) is 30.3 Å². The number of amides is 1. The van der Waals surface area contributed by atoms with Gasteiger partial charge in [0.2, 0.25) is 5.91 Å². The van der Waals surface area contributed by atoms with Gasteiger partial charge >= 0.3 is 8.26 Å². The van der Waals surface area contributed by atoms with E-state index in [2.05, 4.69) is 31.7 Å². The zero-order chi connectivity index (χ0) is 16.0. The molecule has 0 bridgehead atoms. The van der Waals surface area contributed by atoms with E-state index < -0.39 is 8.26 Å². The highest BCUT2D eigenvalue weighted by atomic mass is 36.0. The lowest BCUT2D eigenvalue weighted by Crippen LogP contribution is -2.04. The molecule has 0 aliphatic heterocycles. The maximum Gasteiger partial charge on any atom is 0.317 e. The van der Waals surface area contributed by atoms with E-state index in [1.54, 1.807) is 0 Å². The quantitative estimate of drug-likeness (QED) is 0.820. The van der Waals surface area contributed by atoms with Crippen molar-refractivity contribution >= 4 is 52.0 Å². The number of rotatable bonds is 2. The number of hydrogen-bond acceptors (Lipinski definition) is 5. The van der Waals surface area contributed by atoms with Crippen LogP contribution in [0.4, 0.5) is 5.13 Å². The maximum atomic E-state index is 10.9. The van der Waals surface area contributed by atoms with Crippen LogP contribution in [-0.2, 0) is 13.1 Å². The van der Waals surface area contributed by atoms with Crippen molar-refractivity contribution in [2.75, 3.05) is 5.32 Å². The first-order valence-corrected chi connectivity index (χ1v) is 9.56. The molecule has 0 aliphatic carbocycles. The van der Waals surface area contributed by atoms with Crippen LogP contribution in [-0.4, -0.2) is 19.3 Å². The summed E-state index contributed by atoms with van der Waals surface area (Å²) in [6, 6.07) is 10.0. The van der Waals surface area contributed by atoms with Crippen LogP contribution in [0.3, 0.4) is 0 Å². The molecule has 0 atom stereocenters. The summed E-state index contributed by atoms with van der Waals surface area (Å²) < 4.78 is 18.3. The number of carbonyl (C=O) groups excluding carboxylic acids is 1. The Kier molecular flexibility index (Phi) is 6.60. The van der Waals surface area contributed by atoms with Crippen LogP contribution in [0.1, 0.15) is 12.6 Å². The van der Waals surface area contributed by atoms with E-state index in [1.165, 1.54) is 18.3 Å². The van der Waals surface area contributed by atoms with Crippen molar-refractivity contribution in [2.45, 2.75) is 13.8 Å². The molecule has 5 nitrogen and oxygen atoms in total. The van der Waals surface area contributed by atoms with Gasteiger partial charge in [0.15, 0.2) is 5.13 Å². The molecule has 1 amide bonds. The highest BCUT2D eigenvalue weighted by Gasteiger charge is 2.09. The second-order valence-corrected chi connectivity index (χ2v) is 8.53. The number of nitrogens with zero attached hydrogens (tertiary/aromatic N) is 1. The number of aromatic nitrogens is 1. The molecule has 1 aromatic carbocycles. The molecule has 0 radical (unpaired) electrons. The van der Waals surface area contributed by atoms with Gasteiger partial charge in [-0.15, -0.1) is 0 Å². The molecule has 0 fully saturated rings. The maximum absolute atomic E-state index is 10.9. The van der Waals surface area contributed by atoms with E-state index in [0.29, 0.717) is 5.13 Å². The van der Waals surface area contributed by atoms with Crippen LogP contribution < -0.4 is 5.32 Å². The second-order valence-electron chi connectivity index (χ2n) is 3.86. The molecule has 2 rings (SSSR count). The number of halogens is 2. The summed E-state index contributed by atoms with van der Waals surface area (Å²) in [5.74, 6) is -0.0895. The molecule has 0 saturated carbocycles. The van der Waals surface area contributed by atoms with Gasteiger partial charge in [-0.1, -0.05) is 41.7 Å². The molecule has 0 aliphatic rings. The Morgan fingerprint density at radius 2 is 1.76 bits per heavy atom. The number of benzene rings is 1. The lowest BCUT2D eigenvalue weighted by molar-refractivity contribution is -0.114. The number of thiazole rings is 1. The molecule has 0 saturated heterocycles. The minimum absolute atomic E-state index is 0.0895. The van der Waals surface area contributed by atoms with E-state index in [1.807, 2.05) is 37.3 Å². The monoisotopic (exact) mass is 366 g/mol. The predicted molar refractivity (Wildman–Crippen MR) is 87.2 cm³/mol. The molecular formula is C12H12Cl2N2O3S2. The third-order valence-electron chi connectivity index (χ3n) is 2.12. The molecule has 1 heterocycles. The molecule has 2 aromatic rings. The van der Waals surface area contributed by atoms with Gasteiger partial charge in [-0.3, -0.25) is 4.79 Å². The Labute approximate surface area is 135 Å². The average Bonchev–Trinajstić information content (AvgIpc) is 2.68.